The van der Waals surface area contributed by atoms with Gasteiger partial charge in [0.1, 0.15) is 0 Å². The molecule has 172 valence electrons. The minimum Gasteiger partial charge on any atom is -0.465 e. The van der Waals surface area contributed by atoms with Gasteiger partial charge in [0.05, 0.1) is 15.5 Å². The number of hydrogen-bond donors (Lipinski definition) is 3. The van der Waals surface area contributed by atoms with Gasteiger partial charge >= 0.3 is 6.09 Å². The van der Waals surface area contributed by atoms with Crippen LogP contribution in [0.3, 0.4) is 0 Å². The quantitative estimate of drug-likeness (QED) is 0.430. The molecule has 3 N–H and O–H groups in total. The van der Waals surface area contributed by atoms with Crippen molar-refractivity contribution in [3.05, 3.63) is 70.2 Å². The maximum absolute atomic E-state index is 11.6. The molecule has 1 aromatic heterocycles. The highest BCUT2D eigenvalue weighted by Gasteiger charge is 2.11. The maximum atomic E-state index is 11.6. The minimum absolute atomic E-state index is 0.205. The predicted octanol–water partition coefficient (Wildman–Crippen LogP) is 4.55. The van der Waals surface area contributed by atoms with Crippen molar-refractivity contribution >= 4 is 56.1 Å². The number of amides is 2. The third-order valence-corrected chi connectivity index (χ3v) is 6.71. The lowest BCUT2D eigenvalue weighted by Crippen LogP contribution is -2.07. The van der Waals surface area contributed by atoms with Gasteiger partial charge in [0, 0.05) is 18.9 Å². The van der Waals surface area contributed by atoms with Crippen LogP contribution in [0.15, 0.2) is 53.4 Å². The summed E-state index contributed by atoms with van der Waals surface area (Å²) < 4.78 is 23.2. The molecular formula is C23H23N3O5S2. The van der Waals surface area contributed by atoms with Crippen LogP contribution >= 0.6 is 11.3 Å². The van der Waals surface area contributed by atoms with Crippen LogP contribution in [0, 0.1) is 0 Å². The Balaban J connectivity index is 1.77. The average Bonchev–Trinajstić information content (AvgIpc) is 3.11. The van der Waals surface area contributed by atoms with E-state index in [-0.39, 0.29) is 10.8 Å². The molecule has 33 heavy (non-hydrogen) atoms. The number of nitrogens with one attached hydrogen (secondary N) is 2. The molecule has 3 rings (SSSR count). The molecule has 0 spiro atoms. The summed E-state index contributed by atoms with van der Waals surface area (Å²) in [5.41, 5.74) is 3.18. The van der Waals surface area contributed by atoms with Crippen molar-refractivity contribution in [2.45, 2.75) is 24.7 Å². The van der Waals surface area contributed by atoms with Crippen LogP contribution in [-0.4, -0.2) is 36.8 Å². The number of carbonyl (C=O) groups is 2. The zero-order chi connectivity index (χ0) is 24.0. The van der Waals surface area contributed by atoms with E-state index in [1.54, 1.807) is 36.4 Å². The Bertz CT molecular complexity index is 1280. The van der Waals surface area contributed by atoms with Crippen molar-refractivity contribution < 1.29 is 23.1 Å². The molecule has 0 aliphatic carbocycles. The van der Waals surface area contributed by atoms with Crippen LogP contribution in [0.4, 0.5) is 15.6 Å². The van der Waals surface area contributed by atoms with Gasteiger partial charge in [-0.3, -0.25) is 10.1 Å². The Morgan fingerprint density at radius 2 is 1.67 bits per heavy atom. The van der Waals surface area contributed by atoms with Crippen LogP contribution < -0.4 is 10.6 Å². The molecule has 0 saturated carbocycles. The lowest BCUT2D eigenvalue weighted by Gasteiger charge is -2.04. The second kappa shape index (κ2) is 10.4. The van der Waals surface area contributed by atoms with E-state index in [1.165, 1.54) is 24.5 Å². The molecule has 1 heterocycles. The molecule has 2 aromatic carbocycles. The van der Waals surface area contributed by atoms with Gasteiger partial charge in [0.15, 0.2) is 15.0 Å². The van der Waals surface area contributed by atoms with E-state index in [2.05, 4.69) is 15.6 Å². The average molecular weight is 486 g/mol. The number of sulfone groups is 1. The van der Waals surface area contributed by atoms with E-state index in [1.807, 2.05) is 24.3 Å². The SMILES string of the molecule is CC(=O)Nc1nc(CCc2ccc(NC(=O)O)cc2)c(C=Cc2ccc(S(C)(=O)=O)cc2)s1. The standard InChI is InChI=1S/C23H23N3O5S2/c1-15(27)24-22-26-20(13-7-16-3-9-18(10-4-16)25-23(28)29)21(32-22)14-8-17-5-11-19(12-6-17)33(2,30)31/h3-6,8-12,14,25H,7,13H2,1-2H3,(H,28,29)(H,24,26,27). The summed E-state index contributed by atoms with van der Waals surface area (Å²) in [5.74, 6) is -0.205. The van der Waals surface area contributed by atoms with Crippen molar-refractivity contribution in [2.75, 3.05) is 16.9 Å². The molecule has 8 nitrogen and oxygen atoms in total. The highest BCUT2D eigenvalue weighted by molar-refractivity contribution is 7.90. The molecule has 0 aliphatic heterocycles. The summed E-state index contributed by atoms with van der Waals surface area (Å²) in [6, 6.07) is 13.7. The molecule has 0 bridgehead atoms. The first kappa shape index (κ1) is 24.1. The second-order valence-electron chi connectivity index (χ2n) is 7.31. The fourth-order valence-electron chi connectivity index (χ4n) is 3.02. The number of rotatable bonds is 8. The molecule has 0 aliphatic rings. The van der Waals surface area contributed by atoms with Gasteiger partial charge in [-0.05, 0) is 54.3 Å². The topological polar surface area (TPSA) is 125 Å². The summed E-state index contributed by atoms with van der Waals surface area (Å²) in [5, 5.41) is 14.3. The van der Waals surface area contributed by atoms with Crippen LogP contribution in [-0.2, 0) is 27.5 Å². The number of aryl methyl sites for hydroxylation is 2. The van der Waals surface area contributed by atoms with Crippen molar-refractivity contribution in [1.29, 1.82) is 0 Å². The number of benzene rings is 2. The summed E-state index contributed by atoms with van der Waals surface area (Å²) >= 11 is 1.36. The van der Waals surface area contributed by atoms with Gasteiger partial charge in [-0.25, -0.2) is 18.2 Å². The third kappa shape index (κ3) is 7.26. The number of anilines is 2. The molecule has 0 atom stereocenters. The van der Waals surface area contributed by atoms with E-state index in [9.17, 15) is 18.0 Å². The van der Waals surface area contributed by atoms with E-state index in [0.717, 1.165) is 21.7 Å². The molecule has 0 unspecified atom stereocenters. The minimum atomic E-state index is -3.25. The van der Waals surface area contributed by atoms with Gasteiger partial charge in [-0.1, -0.05) is 41.7 Å². The van der Waals surface area contributed by atoms with Gasteiger partial charge in [0.25, 0.3) is 0 Å². The molecule has 0 fully saturated rings. The molecule has 0 saturated heterocycles. The highest BCUT2D eigenvalue weighted by Crippen LogP contribution is 2.27. The number of carboxylic acid groups (broad SMARTS) is 1. The predicted molar refractivity (Wildman–Crippen MR) is 130 cm³/mol. The Labute approximate surface area is 195 Å². The summed E-state index contributed by atoms with van der Waals surface area (Å²) in [7, 11) is -3.25. The van der Waals surface area contributed by atoms with Crippen molar-refractivity contribution in [3.63, 3.8) is 0 Å². The number of thiazole rings is 1. The summed E-state index contributed by atoms with van der Waals surface area (Å²) in [6.45, 7) is 1.42. The van der Waals surface area contributed by atoms with Crippen molar-refractivity contribution in [2.24, 2.45) is 0 Å². The Hall–Kier alpha value is -3.50. The van der Waals surface area contributed by atoms with E-state index in [4.69, 9.17) is 5.11 Å². The van der Waals surface area contributed by atoms with Crippen LogP contribution in [0.1, 0.15) is 28.6 Å². The van der Waals surface area contributed by atoms with E-state index in [0.29, 0.717) is 23.7 Å². The smallest absolute Gasteiger partial charge is 0.409 e. The molecule has 3 aromatic rings. The normalized spacial score (nSPS) is 11.5. The zero-order valence-corrected chi connectivity index (χ0v) is 19.7. The van der Waals surface area contributed by atoms with E-state index >= 15 is 0 Å². The largest absolute Gasteiger partial charge is 0.465 e. The Morgan fingerprint density at radius 1 is 1.00 bits per heavy atom. The van der Waals surface area contributed by atoms with Crippen LogP contribution in [0.5, 0.6) is 0 Å². The first-order chi connectivity index (χ1) is 15.6. The van der Waals surface area contributed by atoms with Gasteiger partial charge in [-0.2, -0.15) is 0 Å². The second-order valence-corrected chi connectivity index (χ2v) is 10.4. The molecule has 0 radical (unpaired) electrons. The summed E-state index contributed by atoms with van der Waals surface area (Å²) in [6.07, 6.45) is 5.12. The summed E-state index contributed by atoms with van der Waals surface area (Å²) in [4.78, 5) is 27.9. The zero-order valence-electron chi connectivity index (χ0n) is 18.0. The van der Waals surface area contributed by atoms with Gasteiger partial charge in [0.2, 0.25) is 5.91 Å². The number of aromatic nitrogens is 1. The number of carbonyl (C=O) groups excluding carboxylic acids is 1. The molecule has 2 amide bonds. The number of hydrogen-bond acceptors (Lipinski definition) is 6. The first-order valence-electron chi connectivity index (χ1n) is 9.94. The number of nitrogens with zero attached hydrogens (tertiary/aromatic N) is 1. The third-order valence-electron chi connectivity index (χ3n) is 4.60. The van der Waals surface area contributed by atoms with Crippen molar-refractivity contribution in [3.8, 4) is 0 Å². The lowest BCUT2D eigenvalue weighted by molar-refractivity contribution is -0.114. The monoisotopic (exact) mass is 485 g/mol. The van der Waals surface area contributed by atoms with E-state index < -0.39 is 15.9 Å². The lowest BCUT2D eigenvalue weighted by atomic mass is 10.1. The van der Waals surface area contributed by atoms with Crippen molar-refractivity contribution in [1.82, 2.24) is 4.98 Å². The Kier molecular flexibility index (Phi) is 7.62. The fraction of sp³-hybridized carbons (Fsp3) is 0.174. The molecule has 10 heteroatoms. The van der Waals surface area contributed by atoms with Crippen LogP contribution in [0.25, 0.3) is 12.2 Å². The first-order valence-corrected chi connectivity index (χ1v) is 12.7. The highest BCUT2D eigenvalue weighted by atomic mass is 32.2. The van der Waals surface area contributed by atoms with Crippen LogP contribution in [0.2, 0.25) is 0 Å². The fourth-order valence-corrected chi connectivity index (χ4v) is 4.61. The Morgan fingerprint density at radius 3 is 2.24 bits per heavy atom. The van der Waals surface area contributed by atoms with Gasteiger partial charge in [-0.15, -0.1) is 0 Å². The molecular weight excluding hydrogens is 462 g/mol. The van der Waals surface area contributed by atoms with Gasteiger partial charge < -0.3 is 10.4 Å². The maximum Gasteiger partial charge on any atom is 0.409 e.